The van der Waals surface area contributed by atoms with Gasteiger partial charge in [-0.25, -0.2) is 4.79 Å². The molecule has 3 aliphatic heterocycles. The van der Waals surface area contributed by atoms with E-state index in [4.69, 9.17) is 0 Å². The third-order valence-corrected chi connectivity index (χ3v) is 8.68. The van der Waals surface area contributed by atoms with Gasteiger partial charge in [-0.15, -0.1) is 11.3 Å². The van der Waals surface area contributed by atoms with Gasteiger partial charge < -0.3 is 20.0 Å². The van der Waals surface area contributed by atoms with Crippen molar-refractivity contribution in [2.24, 2.45) is 5.92 Å². The van der Waals surface area contributed by atoms with Crippen LogP contribution in [0.5, 0.6) is 0 Å². The zero-order valence-electron chi connectivity index (χ0n) is 21.2. The first kappa shape index (κ1) is 25.4. The number of fused-ring (bicyclic) bond motifs is 1. The third-order valence-electron chi connectivity index (χ3n) is 7.76. The van der Waals surface area contributed by atoms with Gasteiger partial charge in [-0.05, 0) is 60.7 Å². The minimum absolute atomic E-state index is 0.0339. The number of urea groups is 1. The Morgan fingerprint density at radius 2 is 1.81 bits per heavy atom. The highest BCUT2D eigenvalue weighted by Gasteiger charge is 2.52. The van der Waals surface area contributed by atoms with E-state index in [9.17, 15) is 19.2 Å². The van der Waals surface area contributed by atoms with Crippen molar-refractivity contribution in [2.45, 2.75) is 51.1 Å². The summed E-state index contributed by atoms with van der Waals surface area (Å²) in [5.41, 5.74) is 1.70. The van der Waals surface area contributed by atoms with Gasteiger partial charge in [0.2, 0.25) is 5.91 Å². The molecule has 0 saturated carbocycles. The van der Waals surface area contributed by atoms with Gasteiger partial charge in [0.15, 0.2) is 5.78 Å². The summed E-state index contributed by atoms with van der Waals surface area (Å²) in [5.74, 6) is -0.141. The first-order valence-electron chi connectivity index (χ1n) is 13.2. The first-order valence-corrected chi connectivity index (χ1v) is 14.1. The summed E-state index contributed by atoms with van der Waals surface area (Å²) >= 11 is 1.66. The normalized spacial score (nSPS) is 21.9. The molecule has 1 aromatic heterocycles. The maximum atomic E-state index is 13.1. The lowest BCUT2D eigenvalue weighted by Crippen LogP contribution is -2.46. The number of likely N-dealkylation sites (tertiary alicyclic amines) is 3. The summed E-state index contributed by atoms with van der Waals surface area (Å²) < 4.78 is 0. The van der Waals surface area contributed by atoms with Crippen molar-refractivity contribution in [3.05, 3.63) is 47.3 Å². The van der Waals surface area contributed by atoms with Gasteiger partial charge in [-0.3, -0.25) is 14.4 Å². The van der Waals surface area contributed by atoms with Crippen LogP contribution >= 0.6 is 11.3 Å². The standard InChI is InChI=1S/C28H34N4O4S/c1-19(10-12-29-27(35)21-8-6-20(7-9-21)24-5-4-16-37-24)17-25(34)31-15-11-22-26(31)23(33)18-32(22)28(36)30-13-2-3-14-30/h4-9,16,19,22,26H,2-3,10-15,17-18H2,1H3,(H,29,35). The molecule has 196 valence electrons. The molecule has 4 heterocycles. The molecule has 2 aromatic rings. The van der Waals surface area contributed by atoms with Crippen molar-refractivity contribution in [1.29, 1.82) is 0 Å². The van der Waals surface area contributed by atoms with E-state index in [1.54, 1.807) is 21.1 Å². The number of ketones is 1. The molecule has 37 heavy (non-hydrogen) atoms. The van der Waals surface area contributed by atoms with Crippen molar-refractivity contribution in [1.82, 2.24) is 20.0 Å². The molecule has 3 atom stereocenters. The molecule has 3 saturated heterocycles. The molecule has 3 unspecified atom stereocenters. The summed E-state index contributed by atoms with van der Waals surface area (Å²) in [6.07, 6.45) is 3.65. The number of amides is 4. The number of Topliss-reactive ketones (excluding diaryl/α,β-unsaturated/α-hetero) is 1. The second-order valence-electron chi connectivity index (χ2n) is 10.4. The number of carbonyl (C=O) groups excluding carboxylic acids is 4. The minimum Gasteiger partial charge on any atom is -0.352 e. The smallest absolute Gasteiger partial charge is 0.320 e. The molecule has 1 N–H and O–H groups in total. The molecule has 0 aliphatic carbocycles. The van der Waals surface area contributed by atoms with E-state index in [-0.39, 0.29) is 42.1 Å². The van der Waals surface area contributed by atoms with Gasteiger partial charge in [-0.2, -0.15) is 0 Å². The van der Waals surface area contributed by atoms with Crippen molar-refractivity contribution in [3.8, 4) is 10.4 Å². The highest BCUT2D eigenvalue weighted by molar-refractivity contribution is 7.13. The van der Waals surface area contributed by atoms with E-state index >= 15 is 0 Å². The number of carbonyl (C=O) groups is 4. The summed E-state index contributed by atoms with van der Waals surface area (Å²) in [5, 5.41) is 4.98. The predicted molar refractivity (Wildman–Crippen MR) is 142 cm³/mol. The van der Waals surface area contributed by atoms with Crippen LogP contribution in [0.25, 0.3) is 10.4 Å². The Balaban J connectivity index is 1.08. The average Bonchev–Trinajstić information content (AvgIpc) is 3.70. The fourth-order valence-corrected chi connectivity index (χ4v) is 6.46. The highest BCUT2D eigenvalue weighted by atomic mass is 32.1. The number of benzene rings is 1. The number of rotatable bonds is 7. The van der Waals surface area contributed by atoms with E-state index in [2.05, 4.69) is 11.4 Å². The van der Waals surface area contributed by atoms with E-state index in [0.29, 0.717) is 37.9 Å². The van der Waals surface area contributed by atoms with Gasteiger partial charge in [0.05, 0.1) is 12.6 Å². The summed E-state index contributed by atoms with van der Waals surface area (Å²) in [7, 11) is 0. The molecule has 0 radical (unpaired) electrons. The first-order chi connectivity index (χ1) is 17.9. The molecule has 5 rings (SSSR count). The second-order valence-corrected chi connectivity index (χ2v) is 11.3. The van der Waals surface area contributed by atoms with Gasteiger partial charge in [0.25, 0.3) is 5.91 Å². The van der Waals surface area contributed by atoms with Crippen LogP contribution in [0.3, 0.4) is 0 Å². The quantitative estimate of drug-likeness (QED) is 0.601. The Morgan fingerprint density at radius 1 is 1.05 bits per heavy atom. The van der Waals surface area contributed by atoms with Crippen LogP contribution in [-0.2, 0) is 9.59 Å². The molecule has 3 fully saturated rings. The van der Waals surface area contributed by atoms with Crippen molar-refractivity contribution in [2.75, 3.05) is 32.7 Å². The van der Waals surface area contributed by atoms with Crippen LogP contribution in [0.4, 0.5) is 4.79 Å². The van der Waals surface area contributed by atoms with Crippen LogP contribution in [0, 0.1) is 5.92 Å². The zero-order valence-corrected chi connectivity index (χ0v) is 22.0. The summed E-state index contributed by atoms with van der Waals surface area (Å²) in [6.45, 7) is 4.57. The van der Waals surface area contributed by atoms with E-state index in [0.717, 1.165) is 31.5 Å². The van der Waals surface area contributed by atoms with Crippen molar-refractivity contribution >= 4 is 35.0 Å². The van der Waals surface area contributed by atoms with Crippen molar-refractivity contribution in [3.63, 3.8) is 0 Å². The van der Waals surface area contributed by atoms with E-state index < -0.39 is 6.04 Å². The van der Waals surface area contributed by atoms with Crippen LogP contribution in [0.1, 0.15) is 49.4 Å². The van der Waals surface area contributed by atoms with Gasteiger partial charge in [-0.1, -0.05) is 25.1 Å². The lowest BCUT2D eigenvalue weighted by Gasteiger charge is -2.28. The van der Waals surface area contributed by atoms with Crippen LogP contribution < -0.4 is 5.32 Å². The number of hydrogen-bond donors (Lipinski definition) is 1. The highest BCUT2D eigenvalue weighted by Crippen LogP contribution is 2.32. The Labute approximate surface area is 221 Å². The SMILES string of the molecule is CC(CCNC(=O)c1ccc(-c2cccs2)cc1)CC(=O)N1CCC2C1C(=O)CN2C(=O)N1CCCC1. The number of hydrogen-bond acceptors (Lipinski definition) is 5. The molecule has 4 amide bonds. The maximum Gasteiger partial charge on any atom is 0.320 e. The summed E-state index contributed by atoms with van der Waals surface area (Å²) in [6, 6.07) is 10.9. The Hall–Kier alpha value is -3.20. The monoisotopic (exact) mass is 522 g/mol. The van der Waals surface area contributed by atoms with Crippen molar-refractivity contribution < 1.29 is 19.2 Å². The fraction of sp³-hybridized carbons (Fsp3) is 0.500. The second kappa shape index (κ2) is 11.0. The Morgan fingerprint density at radius 3 is 2.51 bits per heavy atom. The average molecular weight is 523 g/mol. The van der Waals surface area contributed by atoms with Gasteiger partial charge in [0.1, 0.15) is 6.04 Å². The molecule has 0 bridgehead atoms. The third kappa shape index (κ3) is 5.42. The molecule has 3 aliphatic rings. The van der Waals surface area contributed by atoms with Crippen LogP contribution in [-0.4, -0.2) is 83.1 Å². The molecule has 8 nitrogen and oxygen atoms in total. The molecular weight excluding hydrogens is 488 g/mol. The maximum absolute atomic E-state index is 13.1. The Kier molecular flexibility index (Phi) is 7.60. The fourth-order valence-electron chi connectivity index (χ4n) is 5.73. The summed E-state index contributed by atoms with van der Waals surface area (Å²) in [4.78, 5) is 57.7. The number of nitrogens with one attached hydrogen (secondary N) is 1. The molecule has 9 heteroatoms. The molecule has 0 spiro atoms. The van der Waals surface area contributed by atoms with Crippen LogP contribution in [0.2, 0.25) is 0 Å². The molecular formula is C28H34N4O4S. The largest absolute Gasteiger partial charge is 0.352 e. The minimum atomic E-state index is -0.511. The van der Waals surface area contributed by atoms with Gasteiger partial charge >= 0.3 is 6.03 Å². The van der Waals surface area contributed by atoms with E-state index in [1.165, 1.54) is 4.88 Å². The lowest BCUT2D eigenvalue weighted by atomic mass is 10.0. The predicted octanol–water partition coefficient (Wildman–Crippen LogP) is 3.63. The van der Waals surface area contributed by atoms with Gasteiger partial charge in [0, 0.05) is 43.0 Å². The number of nitrogens with zero attached hydrogens (tertiary/aromatic N) is 3. The van der Waals surface area contributed by atoms with Crippen LogP contribution in [0.15, 0.2) is 41.8 Å². The zero-order chi connectivity index (χ0) is 25.9. The number of thiophene rings is 1. The van der Waals surface area contributed by atoms with E-state index in [1.807, 2.05) is 47.5 Å². The topological polar surface area (TPSA) is 90.0 Å². The Bertz CT molecular complexity index is 1140. The molecule has 1 aromatic carbocycles. The lowest BCUT2D eigenvalue weighted by molar-refractivity contribution is -0.137.